The highest BCUT2D eigenvalue weighted by Gasteiger charge is 2.36. The van der Waals surface area contributed by atoms with Crippen molar-refractivity contribution >= 4 is 28.9 Å². The van der Waals surface area contributed by atoms with Gasteiger partial charge in [0.1, 0.15) is 5.82 Å². The fourth-order valence-electron chi connectivity index (χ4n) is 5.17. The standard InChI is InChI=1S/C25H31N5O2/c1-32-25(31)20-14-21(30-13-11-19-17(15-30)10-12-27-19)22(23(26)16-6-5-7-16)24(29-20)28-18-8-3-2-4-9-18/h2-4,8-9,14,16-17,19,26-27H,5-7,10-13,15H2,1H3,(H,28,29). The van der Waals surface area contributed by atoms with Crippen LogP contribution in [0.4, 0.5) is 17.2 Å². The van der Waals surface area contributed by atoms with Gasteiger partial charge < -0.3 is 25.7 Å². The molecule has 2 aliphatic heterocycles. The summed E-state index contributed by atoms with van der Waals surface area (Å²) < 4.78 is 5.02. The Kier molecular flexibility index (Phi) is 5.83. The summed E-state index contributed by atoms with van der Waals surface area (Å²) in [6, 6.07) is 12.2. The Balaban J connectivity index is 1.60. The van der Waals surface area contributed by atoms with E-state index in [1.807, 2.05) is 36.4 Å². The number of methoxy groups -OCH3 is 1. The van der Waals surface area contributed by atoms with E-state index in [9.17, 15) is 4.79 Å². The maximum absolute atomic E-state index is 12.5. The zero-order valence-electron chi connectivity index (χ0n) is 18.6. The minimum absolute atomic E-state index is 0.251. The molecule has 3 heterocycles. The molecule has 0 amide bonds. The van der Waals surface area contributed by atoms with Crippen LogP contribution in [0.25, 0.3) is 0 Å². The lowest BCUT2D eigenvalue weighted by Crippen LogP contribution is -2.45. The van der Waals surface area contributed by atoms with E-state index >= 15 is 0 Å². The largest absolute Gasteiger partial charge is 0.464 e. The molecule has 1 saturated carbocycles. The Morgan fingerprint density at radius 3 is 2.75 bits per heavy atom. The molecule has 2 aromatic rings. The molecular weight excluding hydrogens is 402 g/mol. The summed E-state index contributed by atoms with van der Waals surface area (Å²) in [5.74, 6) is 0.954. The van der Waals surface area contributed by atoms with Crippen LogP contribution < -0.4 is 15.5 Å². The van der Waals surface area contributed by atoms with Crippen LogP contribution >= 0.6 is 0 Å². The molecule has 7 heteroatoms. The Labute approximate surface area is 189 Å². The number of esters is 1. The van der Waals surface area contributed by atoms with Gasteiger partial charge >= 0.3 is 5.97 Å². The van der Waals surface area contributed by atoms with Gasteiger partial charge in [0.25, 0.3) is 0 Å². The number of piperidine rings is 1. The van der Waals surface area contributed by atoms with E-state index in [-0.39, 0.29) is 11.6 Å². The van der Waals surface area contributed by atoms with Crippen LogP contribution in [0.5, 0.6) is 0 Å². The summed E-state index contributed by atoms with van der Waals surface area (Å²) in [6.45, 7) is 2.89. The average Bonchev–Trinajstić information content (AvgIpc) is 3.25. The first-order chi connectivity index (χ1) is 15.6. The molecule has 2 unspecified atom stereocenters. The third kappa shape index (κ3) is 3.97. The highest BCUT2D eigenvalue weighted by Crippen LogP contribution is 2.39. The number of anilines is 3. The van der Waals surface area contributed by atoms with Crippen molar-refractivity contribution in [2.75, 3.05) is 37.0 Å². The number of fused-ring (bicyclic) bond motifs is 1. The molecule has 0 spiro atoms. The number of rotatable bonds is 6. The number of nitrogens with zero attached hydrogens (tertiary/aromatic N) is 2. The Hall–Kier alpha value is -2.93. The molecular formula is C25H31N5O2. The second-order valence-electron chi connectivity index (χ2n) is 9.12. The maximum Gasteiger partial charge on any atom is 0.356 e. The lowest BCUT2D eigenvalue weighted by molar-refractivity contribution is 0.0594. The van der Waals surface area contributed by atoms with Gasteiger partial charge in [-0.05, 0) is 56.3 Å². The number of para-hydroxylation sites is 1. The first-order valence-electron chi connectivity index (χ1n) is 11.7. The minimum atomic E-state index is -0.457. The van der Waals surface area contributed by atoms with Gasteiger partial charge in [-0.3, -0.25) is 0 Å². The molecule has 1 aliphatic carbocycles. The lowest BCUT2D eigenvalue weighted by Gasteiger charge is -2.38. The normalized spacial score (nSPS) is 22.7. The highest BCUT2D eigenvalue weighted by atomic mass is 16.5. The average molecular weight is 434 g/mol. The number of benzene rings is 1. The number of hydrogen-bond donors (Lipinski definition) is 3. The van der Waals surface area contributed by atoms with E-state index in [0.717, 1.165) is 62.3 Å². The monoisotopic (exact) mass is 433 g/mol. The van der Waals surface area contributed by atoms with Crippen molar-refractivity contribution in [3.63, 3.8) is 0 Å². The summed E-state index contributed by atoms with van der Waals surface area (Å²) in [5.41, 5.74) is 3.55. The zero-order valence-corrected chi connectivity index (χ0v) is 18.6. The quantitative estimate of drug-likeness (QED) is 0.472. The zero-order chi connectivity index (χ0) is 22.1. The summed E-state index contributed by atoms with van der Waals surface area (Å²) >= 11 is 0. The van der Waals surface area contributed by atoms with E-state index in [0.29, 0.717) is 23.5 Å². The van der Waals surface area contributed by atoms with Crippen molar-refractivity contribution < 1.29 is 9.53 Å². The van der Waals surface area contributed by atoms with Crippen LogP contribution in [0.1, 0.15) is 48.2 Å². The van der Waals surface area contributed by atoms with Gasteiger partial charge in [-0.15, -0.1) is 0 Å². The Bertz CT molecular complexity index is 1000. The smallest absolute Gasteiger partial charge is 0.356 e. The van der Waals surface area contributed by atoms with Gasteiger partial charge in [0, 0.05) is 36.4 Å². The number of ether oxygens (including phenoxy) is 1. The van der Waals surface area contributed by atoms with E-state index in [1.54, 1.807) is 0 Å². The molecule has 2 atom stereocenters. The molecule has 5 rings (SSSR count). The number of aromatic nitrogens is 1. The summed E-state index contributed by atoms with van der Waals surface area (Å²) in [7, 11) is 1.38. The molecule has 1 aromatic heterocycles. The van der Waals surface area contributed by atoms with Crippen molar-refractivity contribution in [1.29, 1.82) is 5.41 Å². The van der Waals surface area contributed by atoms with Crippen molar-refractivity contribution in [3.8, 4) is 0 Å². The molecule has 1 aromatic carbocycles. The fraction of sp³-hybridized carbons (Fsp3) is 0.480. The molecule has 32 heavy (non-hydrogen) atoms. The number of carbonyl (C=O) groups excluding carboxylic acids is 1. The van der Waals surface area contributed by atoms with E-state index in [1.165, 1.54) is 13.5 Å². The van der Waals surface area contributed by atoms with Gasteiger partial charge in [0.2, 0.25) is 0 Å². The van der Waals surface area contributed by atoms with Gasteiger partial charge in [-0.1, -0.05) is 24.6 Å². The number of pyridine rings is 1. The van der Waals surface area contributed by atoms with Gasteiger partial charge in [-0.25, -0.2) is 9.78 Å². The van der Waals surface area contributed by atoms with Crippen LogP contribution in [0.2, 0.25) is 0 Å². The van der Waals surface area contributed by atoms with Crippen LogP contribution in [0, 0.1) is 17.2 Å². The third-order valence-electron chi connectivity index (χ3n) is 7.21. The maximum atomic E-state index is 12.5. The van der Waals surface area contributed by atoms with Crippen LogP contribution in [-0.2, 0) is 4.74 Å². The fourth-order valence-corrected chi connectivity index (χ4v) is 5.17. The SMILES string of the molecule is COC(=O)c1cc(N2CCC3NCCC3C2)c(C(=N)C2CCC2)c(Nc2ccccc2)n1. The van der Waals surface area contributed by atoms with Crippen molar-refractivity contribution in [1.82, 2.24) is 10.3 Å². The molecule has 3 N–H and O–H groups in total. The first kappa shape index (κ1) is 20.9. The summed E-state index contributed by atoms with van der Waals surface area (Å²) in [4.78, 5) is 19.5. The van der Waals surface area contributed by atoms with Crippen LogP contribution in [0.3, 0.4) is 0 Å². The van der Waals surface area contributed by atoms with E-state index in [2.05, 4.69) is 20.5 Å². The lowest BCUT2D eigenvalue weighted by atomic mass is 9.78. The molecule has 3 aliphatic rings. The van der Waals surface area contributed by atoms with Crippen LogP contribution in [-0.4, -0.2) is 49.5 Å². The number of hydrogen-bond acceptors (Lipinski definition) is 7. The Morgan fingerprint density at radius 2 is 2.03 bits per heavy atom. The van der Waals surface area contributed by atoms with Gasteiger partial charge in [-0.2, -0.15) is 0 Å². The predicted molar refractivity (Wildman–Crippen MR) is 126 cm³/mol. The summed E-state index contributed by atoms with van der Waals surface area (Å²) in [6.07, 6.45) is 5.47. The topological polar surface area (TPSA) is 90.3 Å². The minimum Gasteiger partial charge on any atom is -0.464 e. The van der Waals surface area contributed by atoms with Gasteiger partial charge in [0.05, 0.1) is 18.4 Å². The number of nitrogens with one attached hydrogen (secondary N) is 3. The summed E-state index contributed by atoms with van der Waals surface area (Å²) in [5, 5.41) is 16.1. The molecule has 7 nitrogen and oxygen atoms in total. The van der Waals surface area contributed by atoms with Gasteiger partial charge in [0.15, 0.2) is 5.69 Å². The predicted octanol–water partition coefficient (Wildman–Crippen LogP) is 3.97. The second kappa shape index (κ2) is 8.90. The third-order valence-corrected chi connectivity index (χ3v) is 7.21. The molecule has 3 fully saturated rings. The number of carbonyl (C=O) groups is 1. The second-order valence-corrected chi connectivity index (χ2v) is 9.12. The molecule has 168 valence electrons. The Morgan fingerprint density at radius 1 is 1.22 bits per heavy atom. The van der Waals surface area contributed by atoms with E-state index < -0.39 is 5.97 Å². The van der Waals surface area contributed by atoms with Crippen molar-refractivity contribution in [3.05, 3.63) is 47.7 Å². The molecule has 0 radical (unpaired) electrons. The van der Waals surface area contributed by atoms with Crippen LogP contribution in [0.15, 0.2) is 36.4 Å². The van der Waals surface area contributed by atoms with E-state index in [4.69, 9.17) is 10.1 Å². The molecule has 0 bridgehead atoms. The van der Waals surface area contributed by atoms with Crippen molar-refractivity contribution in [2.24, 2.45) is 11.8 Å². The first-order valence-corrected chi connectivity index (χ1v) is 11.7. The molecule has 2 saturated heterocycles. The van der Waals surface area contributed by atoms with Crippen molar-refractivity contribution in [2.45, 2.75) is 38.1 Å². The highest BCUT2D eigenvalue weighted by molar-refractivity contribution is 6.10.